The minimum Gasteiger partial charge on any atom is -0.386 e. The van der Waals surface area contributed by atoms with E-state index in [-0.39, 0.29) is 11.7 Å². The third-order valence-electron chi connectivity index (χ3n) is 1.15. The van der Waals surface area contributed by atoms with Gasteiger partial charge < -0.3 is 15.9 Å². The van der Waals surface area contributed by atoms with E-state index in [9.17, 15) is 4.79 Å². The average Bonchev–Trinajstić information content (AvgIpc) is 2.63. The van der Waals surface area contributed by atoms with Gasteiger partial charge in [0.1, 0.15) is 11.2 Å². The van der Waals surface area contributed by atoms with Crippen molar-refractivity contribution < 1.29 is 9.63 Å². The van der Waals surface area contributed by atoms with Crippen LogP contribution >= 0.6 is 23.6 Å². The predicted molar refractivity (Wildman–Crippen MR) is 60.6 cm³/mol. The van der Waals surface area contributed by atoms with Crippen LogP contribution in [0.4, 0.5) is 0 Å². The number of hydrogen-bond acceptors (Lipinski definition) is 6. The van der Waals surface area contributed by atoms with E-state index in [1.165, 1.54) is 17.6 Å². The lowest BCUT2D eigenvalue weighted by Gasteiger charge is -1.99. The molecule has 0 saturated carbocycles. The summed E-state index contributed by atoms with van der Waals surface area (Å²) >= 11 is 5.87. The Morgan fingerprint density at radius 3 is 3.27 bits per heavy atom. The summed E-state index contributed by atoms with van der Waals surface area (Å²) < 4.78 is 0. The maximum atomic E-state index is 10.9. The second kappa shape index (κ2) is 6.04. The molecule has 0 aliphatic rings. The molecule has 0 fully saturated rings. The van der Waals surface area contributed by atoms with Gasteiger partial charge in [0.15, 0.2) is 11.7 Å². The summed E-state index contributed by atoms with van der Waals surface area (Å²) in [5, 5.41) is 8.15. The molecule has 0 saturated heterocycles. The molecular weight excluding hydrogens is 236 g/mol. The Kier molecular flexibility index (Phi) is 4.64. The Balaban J connectivity index is 2.21. The van der Waals surface area contributed by atoms with Crippen LogP contribution in [0.1, 0.15) is 5.01 Å². The van der Waals surface area contributed by atoms with Crippen molar-refractivity contribution in [3.63, 3.8) is 0 Å². The number of oxime groups is 1. The molecule has 8 heteroatoms. The number of nitrogens with one attached hydrogen (secondary N) is 1. The third kappa shape index (κ3) is 5.03. The SMILES string of the molecule is NC(=S)NC(=O)CO/N=C/c1nccs1. The Morgan fingerprint density at radius 2 is 2.67 bits per heavy atom. The van der Waals surface area contributed by atoms with E-state index in [4.69, 9.17) is 5.73 Å². The van der Waals surface area contributed by atoms with Crippen LogP contribution in [0.5, 0.6) is 0 Å². The Bertz CT molecular complexity index is 363. The van der Waals surface area contributed by atoms with Crippen molar-refractivity contribution in [3.05, 3.63) is 16.6 Å². The van der Waals surface area contributed by atoms with E-state index in [2.05, 4.69) is 32.5 Å². The van der Waals surface area contributed by atoms with E-state index in [0.717, 1.165) is 0 Å². The third-order valence-corrected chi connectivity index (χ3v) is 1.96. The summed E-state index contributed by atoms with van der Waals surface area (Å²) in [6, 6.07) is 0. The van der Waals surface area contributed by atoms with Gasteiger partial charge >= 0.3 is 0 Å². The molecule has 6 nitrogen and oxygen atoms in total. The molecule has 0 bridgehead atoms. The zero-order chi connectivity index (χ0) is 11.1. The van der Waals surface area contributed by atoms with Crippen LogP contribution in [0.2, 0.25) is 0 Å². The van der Waals surface area contributed by atoms with Gasteiger partial charge in [0, 0.05) is 11.6 Å². The van der Waals surface area contributed by atoms with Gasteiger partial charge in [-0.2, -0.15) is 0 Å². The lowest BCUT2D eigenvalue weighted by molar-refractivity contribution is -0.124. The van der Waals surface area contributed by atoms with Gasteiger partial charge in [-0.25, -0.2) is 4.98 Å². The van der Waals surface area contributed by atoms with Crippen LogP contribution < -0.4 is 11.1 Å². The summed E-state index contributed by atoms with van der Waals surface area (Å²) in [5.41, 5.74) is 5.07. The highest BCUT2D eigenvalue weighted by atomic mass is 32.1. The lowest BCUT2D eigenvalue weighted by Crippen LogP contribution is -2.36. The highest BCUT2D eigenvalue weighted by molar-refractivity contribution is 7.80. The molecule has 1 aromatic heterocycles. The smallest absolute Gasteiger partial charge is 0.266 e. The molecule has 0 aliphatic carbocycles. The van der Waals surface area contributed by atoms with Crippen molar-refractivity contribution in [2.24, 2.45) is 10.9 Å². The largest absolute Gasteiger partial charge is 0.386 e. The molecule has 0 aromatic carbocycles. The number of nitrogens with two attached hydrogens (primary N) is 1. The molecule has 15 heavy (non-hydrogen) atoms. The van der Waals surface area contributed by atoms with Crippen LogP contribution in [0, 0.1) is 0 Å². The number of carbonyl (C=O) groups is 1. The molecule has 80 valence electrons. The van der Waals surface area contributed by atoms with E-state index in [1.807, 2.05) is 0 Å². The van der Waals surface area contributed by atoms with Crippen molar-refractivity contribution in [2.45, 2.75) is 0 Å². The first-order chi connectivity index (χ1) is 7.18. The fourth-order valence-corrected chi connectivity index (χ4v) is 1.25. The molecule has 1 rings (SSSR count). The van der Waals surface area contributed by atoms with E-state index in [1.54, 1.807) is 11.6 Å². The zero-order valence-corrected chi connectivity index (χ0v) is 9.18. The molecule has 1 amide bonds. The molecule has 0 radical (unpaired) electrons. The van der Waals surface area contributed by atoms with Crippen molar-refractivity contribution in [2.75, 3.05) is 6.61 Å². The quantitative estimate of drug-likeness (QED) is 0.437. The number of carbonyl (C=O) groups excluding carboxylic acids is 1. The minimum atomic E-state index is -0.446. The van der Waals surface area contributed by atoms with Crippen molar-refractivity contribution >= 4 is 40.8 Å². The lowest BCUT2D eigenvalue weighted by atomic mass is 10.6. The molecule has 0 aliphatic heterocycles. The normalized spacial score (nSPS) is 10.1. The molecule has 3 N–H and O–H groups in total. The van der Waals surface area contributed by atoms with Crippen LogP contribution in [0.3, 0.4) is 0 Å². The van der Waals surface area contributed by atoms with Gasteiger partial charge in [-0.05, 0) is 12.2 Å². The number of nitrogens with zero attached hydrogens (tertiary/aromatic N) is 2. The molecule has 0 atom stereocenters. The van der Waals surface area contributed by atoms with Crippen molar-refractivity contribution in [1.82, 2.24) is 10.3 Å². The van der Waals surface area contributed by atoms with Gasteiger partial charge in [0.2, 0.25) is 0 Å². The van der Waals surface area contributed by atoms with E-state index < -0.39 is 5.91 Å². The van der Waals surface area contributed by atoms with Gasteiger partial charge in [0.25, 0.3) is 5.91 Å². The number of hydrogen-bond donors (Lipinski definition) is 2. The first-order valence-electron chi connectivity index (χ1n) is 3.82. The fourth-order valence-electron chi connectivity index (χ4n) is 0.650. The summed E-state index contributed by atoms with van der Waals surface area (Å²) in [7, 11) is 0. The maximum absolute atomic E-state index is 10.9. The van der Waals surface area contributed by atoms with Gasteiger partial charge in [-0.3, -0.25) is 4.79 Å². The number of thiocarbonyl (C=S) groups is 1. The number of aromatic nitrogens is 1. The Hall–Kier alpha value is -1.54. The predicted octanol–water partition coefficient (Wildman–Crippen LogP) is -0.147. The molecule has 1 heterocycles. The van der Waals surface area contributed by atoms with Gasteiger partial charge in [-0.15, -0.1) is 11.3 Å². The molecule has 1 aromatic rings. The molecule has 0 unspecified atom stereocenters. The number of amides is 1. The van der Waals surface area contributed by atoms with E-state index in [0.29, 0.717) is 5.01 Å². The number of rotatable bonds is 4. The van der Waals surface area contributed by atoms with Crippen molar-refractivity contribution in [3.8, 4) is 0 Å². The van der Waals surface area contributed by atoms with Crippen LogP contribution in [0.25, 0.3) is 0 Å². The highest BCUT2D eigenvalue weighted by Gasteiger charge is 2.00. The van der Waals surface area contributed by atoms with Crippen molar-refractivity contribution in [1.29, 1.82) is 0 Å². The number of thiazole rings is 1. The zero-order valence-electron chi connectivity index (χ0n) is 7.54. The maximum Gasteiger partial charge on any atom is 0.266 e. The summed E-state index contributed by atoms with van der Waals surface area (Å²) in [6.07, 6.45) is 3.06. The fraction of sp³-hybridized carbons (Fsp3) is 0.143. The minimum absolute atomic E-state index is 0.0903. The van der Waals surface area contributed by atoms with Crippen LogP contribution in [-0.2, 0) is 9.63 Å². The highest BCUT2D eigenvalue weighted by Crippen LogP contribution is 1.99. The second-order valence-electron chi connectivity index (χ2n) is 2.29. The van der Waals surface area contributed by atoms with Crippen LogP contribution in [0.15, 0.2) is 16.7 Å². The summed E-state index contributed by atoms with van der Waals surface area (Å²) in [6.45, 7) is -0.237. The Morgan fingerprint density at radius 1 is 1.87 bits per heavy atom. The van der Waals surface area contributed by atoms with Crippen LogP contribution in [-0.4, -0.2) is 28.8 Å². The topological polar surface area (TPSA) is 89.6 Å². The Labute approximate surface area is 95.1 Å². The van der Waals surface area contributed by atoms with Gasteiger partial charge in [0.05, 0.1) is 0 Å². The molecular formula is C7H8N4O2S2. The summed E-state index contributed by atoms with van der Waals surface area (Å²) in [4.78, 5) is 19.5. The van der Waals surface area contributed by atoms with Gasteiger partial charge in [-0.1, -0.05) is 5.16 Å². The second-order valence-corrected chi connectivity index (χ2v) is 3.66. The standard InChI is InChI=1S/C7H8N4O2S2/c8-7(14)11-5(12)4-13-10-3-6-9-1-2-15-6/h1-3H,4H2,(H3,8,11,12,14)/b10-3+. The van der Waals surface area contributed by atoms with E-state index >= 15 is 0 Å². The monoisotopic (exact) mass is 244 g/mol. The average molecular weight is 244 g/mol. The summed E-state index contributed by atoms with van der Waals surface area (Å²) in [5.74, 6) is -0.446. The molecule has 0 spiro atoms. The first kappa shape index (κ1) is 11.5. The first-order valence-corrected chi connectivity index (χ1v) is 5.11.